The van der Waals surface area contributed by atoms with Gasteiger partial charge in [0.05, 0.1) is 11.3 Å². The van der Waals surface area contributed by atoms with E-state index in [0.717, 1.165) is 11.2 Å². The molecule has 1 heterocycles. The molecule has 4 nitrogen and oxygen atoms in total. The Kier molecular flexibility index (Phi) is 3.52. The Morgan fingerprint density at radius 3 is 2.30 bits per heavy atom. The maximum atomic E-state index is 13.0. The molecule has 0 spiro atoms. The molecule has 0 bridgehead atoms. The van der Waals surface area contributed by atoms with Crippen LogP contribution in [0.1, 0.15) is 0 Å². The number of alkyl halides is 3. The molecule has 7 heteroatoms. The fourth-order valence-electron chi connectivity index (χ4n) is 1.74. The van der Waals surface area contributed by atoms with Crippen molar-refractivity contribution in [2.75, 3.05) is 19.1 Å². The first-order valence-corrected chi connectivity index (χ1v) is 5.74. The minimum Gasteiger partial charge on any atom is -0.383 e. The first-order chi connectivity index (χ1) is 9.30. The van der Waals surface area contributed by atoms with Gasteiger partial charge in [-0.05, 0) is 12.1 Å². The molecule has 0 aliphatic carbocycles. The van der Waals surface area contributed by atoms with Crippen LogP contribution in [0.15, 0.2) is 47.2 Å². The van der Waals surface area contributed by atoms with E-state index in [1.54, 1.807) is 32.3 Å². The Morgan fingerprint density at radius 2 is 1.80 bits per heavy atom. The summed E-state index contributed by atoms with van der Waals surface area (Å²) in [6.07, 6.45) is -3.56. The first-order valence-electron chi connectivity index (χ1n) is 5.74. The average Bonchev–Trinajstić information content (AvgIpc) is 2.67. The standard InChI is InChI=1S/C13H12F3N3O/c1-18(2)8-10-11(13(14,15)16)17-19(12(10)20)9-6-4-3-5-7-9/h3-8H,1-2H3/b10-8-. The molecule has 0 aromatic heterocycles. The predicted octanol–water partition coefficient (Wildman–Crippen LogP) is 2.40. The monoisotopic (exact) mass is 283 g/mol. The lowest BCUT2D eigenvalue weighted by atomic mass is 10.1. The van der Waals surface area contributed by atoms with Crippen LogP contribution in [0.5, 0.6) is 0 Å². The summed E-state index contributed by atoms with van der Waals surface area (Å²) in [7, 11) is 3.08. The topological polar surface area (TPSA) is 35.9 Å². The largest absolute Gasteiger partial charge is 0.435 e. The number of carbonyl (C=O) groups excluding carboxylic acids is 1. The van der Waals surface area contributed by atoms with Crippen molar-refractivity contribution in [1.29, 1.82) is 0 Å². The molecule has 0 atom stereocenters. The number of hydrogen-bond donors (Lipinski definition) is 0. The molecule has 0 fully saturated rings. The number of para-hydroxylation sites is 1. The van der Waals surface area contributed by atoms with E-state index in [2.05, 4.69) is 5.10 Å². The highest BCUT2D eigenvalue weighted by atomic mass is 19.4. The summed E-state index contributed by atoms with van der Waals surface area (Å²) in [6.45, 7) is 0. The zero-order chi connectivity index (χ0) is 14.9. The fraction of sp³-hybridized carbons (Fsp3) is 0.231. The van der Waals surface area contributed by atoms with Crippen LogP contribution in [0.2, 0.25) is 0 Å². The van der Waals surface area contributed by atoms with E-state index in [-0.39, 0.29) is 0 Å². The molecule has 1 aromatic rings. The van der Waals surface area contributed by atoms with Gasteiger partial charge in [0.15, 0.2) is 5.71 Å². The van der Waals surface area contributed by atoms with Crippen molar-refractivity contribution in [3.8, 4) is 0 Å². The van der Waals surface area contributed by atoms with Gasteiger partial charge in [-0.1, -0.05) is 18.2 Å². The highest BCUT2D eigenvalue weighted by Crippen LogP contribution is 2.31. The van der Waals surface area contributed by atoms with Gasteiger partial charge < -0.3 is 4.90 Å². The predicted molar refractivity (Wildman–Crippen MR) is 69.2 cm³/mol. The lowest BCUT2D eigenvalue weighted by molar-refractivity contribution is -0.114. The van der Waals surface area contributed by atoms with Crippen molar-refractivity contribution >= 4 is 17.3 Å². The summed E-state index contributed by atoms with van der Waals surface area (Å²) in [5.74, 6) is -0.794. The number of rotatable bonds is 2. The van der Waals surface area contributed by atoms with E-state index in [1.807, 2.05) is 0 Å². The number of anilines is 1. The molecule has 0 radical (unpaired) electrons. The Labute approximate surface area is 113 Å². The van der Waals surface area contributed by atoms with E-state index in [0.29, 0.717) is 5.69 Å². The molecule has 0 unspecified atom stereocenters. The Morgan fingerprint density at radius 1 is 1.20 bits per heavy atom. The quantitative estimate of drug-likeness (QED) is 0.781. The summed E-state index contributed by atoms with van der Waals surface area (Å²) >= 11 is 0. The van der Waals surface area contributed by atoms with Crippen LogP contribution >= 0.6 is 0 Å². The molecule has 20 heavy (non-hydrogen) atoms. The molecule has 1 aliphatic heterocycles. The van der Waals surface area contributed by atoms with E-state index in [1.165, 1.54) is 17.0 Å². The van der Waals surface area contributed by atoms with Crippen molar-refractivity contribution in [3.63, 3.8) is 0 Å². The molecular weight excluding hydrogens is 271 g/mol. The zero-order valence-corrected chi connectivity index (χ0v) is 10.8. The number of benzene rings is 1. The van der Waals surface area contributed by atoms with Gasteiger partial charge in [-0.15, -0.1) is 0 Å². The summed E-state index contributed by atoms with van der Waals surface area (Å²) in [6, 6.07) is 8.00. The third-order valence-electron chi connectivity index (χ3n) is 2.53. The van der Waals surface area contributed by atoms with Gasteiger partial charge in [-0.2, -0.15) is 23.3 Å². The van der Waals surface area contributed by atoms with Gasteiger partial charge in [-0.3, -0.25) is 4.79 Å². The SMILES string of the molecule is CN(C)/C=C1\C(=O)N(c2ccccc2)N=C1C(F)(F)F. The smallest absolute Gasteiger partial charge is 0.383 e. The number of halogens is 3. The summed E-state index contributed by atoms with van der Waals surface area (Å²) in [4.78, 5) is 13.5. The Balaban J connectivity index is 2.49. The zero-order valence-electron chi connectivity index (χ0n) is 10.8. The molecule has 0 N–H and O–H groups in total. The van der Waals surface area contributed by atoms with Crippen LogP contribution in [-0.4, -0.2) is 36.8 Å². The molecular formula is C13H12F3N3O. The first kappa shape index (κ1) is 14.1. The second kappa shape index (κ2) is 4.99. The van der Waals surface area contributed by atoms with Crippen LogP contribution in [0.3, 0.4) is 0 Å². The minimum absolute atomic E-state index is 0.293. The molecule has 1 aliphatic rings. The van der Waals surface area contributed by atoms with Crippen molar-refractivity contribution in [2.24, 2.45) is 5.10 Å². The Hall–Kier alpha value is -2.31. The molecule has 106 valence electrons. The number of hydrazone groups is 1. The third kappa shape index (κ3) is 2.66. The minimum atomic E-state index is -4.68. The molecule has 0 saturated carbocycles. The van der Waals surface area contributed by atoms with Gasteiger partial charge in [-0.25, -0.2) is 0 Å². The number of hydrogen-bond acceptors (Lipinski definition) is 3. The van der Waals surface area contributed by atoms with Gasteiger partial charge >= 0.3 is 6.18 Å². The van der Waals surface area contributed by atoms with Crippen molar-refractivity contribution in [3.05, 3.63) is 42.1 Å². The average molecular weight is 283 g/mol. The summed E-state index contributed by atoms with van der Waals surface area (Å²) < 4.78 is 38.9. The van der Waals surface area contributed by atoms with Crippen LogP contribution in [0.4, 0.5) is 18.9 Å². The van der Waals surface area contributed by atoms with Crippen molar-refractivity contribution in [2.45, 2.75) is 6.18 Å². The fourth-order valence-corrected chi connectivity index (χ4v) is 1.74. The molecule has 1 amide bonds. The highest BCUT2D eigenvalue weighted by molar-refractivity contribution is 6.31. The summed E-state index contributed by atoms with van der Waals surface area (Å²) in [5.41, 5.74) is -1.35. The summed E-state index contributed by atoms with van der Waals surface area (Å²) in [5, 5.41) is 4.19. The van der Waals surface area contributed by atoms with E-state index in [9.17, 15) is 18.0 Å². The van der Waals surface area contributed by atoms with Gasteiger partial charge in [0.1, 0.15) is 0 Å². The maximum absolute atomic E-state index is 13.0. The van der Waals surface area contributed by atoms with Crippen LogP contribution < -0.4 is 5.01 Å². The number of nitrogens with zero attached hydrogens (tertiary/aromatic N) is 3. The highest BCUT2D eigenvalue weighted by Gasteiger charge is 2.46. The van der Waals surface area contributed by atoms with E-state index < -0.39 is 23.4 Å². The molecule has 0 saturated heterocycles. The number of amides is 1. The van der Waals surface area contributed by atoms with Crippen molar-refractivity contribution < 1.29 is 18.0 Å². The second-order valence-electron chi connectivity index (χ2n) is 4.41. The van der Waals surface area contributed by atoms with Crippen LogP contribution in [0, 0.1) is 0 Å². The van der Waals surface area contributed by atoms with Crippen LogP contribution in [-0.2, 0) is 4.79 Å². The van der Waals surface area contributed by atoms with Crippen LogP contribution in [0.25, 0.3) is 0 Å². The lowest BCUT2D eigenvalue weighted by Gasteiger charge is -2.11. The third-order valence-corrected chi connectivity index (χ3v) is 2.53. The van der Waals surface area contributed by atoms with E-state index >= 15 is 0 Å². The normalized spacial score (nSPS) is 17.6. The van der Waals surface area contributed by atoms with Gasteiger partial charge in [0, 0.05) is 20.3 Å². The van der Waals surface area contributed by atoms with Gasteiger partial charge in [0.25, 0.3) is 5.91 Å². The maximum Gasteiger partial charge on any atom is 0.435 e. The lowest BCUT2D eigenvalue weighted by Crippen LogP contribution is -2.27. The van der Waals surface area contributed by atoms with Crippen molar-refractivity contribution in [1.82, 2.24) is 4.90 Å². The molecule has 1 aromatic carbocycles. The number of carbonyl (C=O) groups is 1. The second-order valence-corrected chi connectivity index (χ2v) is 4.41. The van der Waals surface area contributed by atoms with E-state index in [4.69, 9.17) is 0 Å². The van der Waals surface area contributed by atoms with Gasteiger partial charge in [0.2, 0.25) is 0 Å². The molecule has 2 rings (SSSR count). The Bertz CT molecular complexity index is 576.